The zero-order valence-electron chi connectivity index (χ0n) is 19.5. The molecule has 2 N–H and O–H groups in total. The number of ether oxygens (including phenoxy) is 1. The molecule has 1 rings (SSSR count). The summed E-state index contributed by atoms with van der Waals surface area (Å²) in [5.74, 6) is -1.96. The normalized spacial score (nSPS) is 17.2. The van der Waals surface area contributed by atoms with Gasteiger partial charge >= 0.3 is 11.9 Å². The first kappa shape index (κ1) is 27.4. The van der Waals surface area contributed by atoms with Gasteiger partial charge in [0, 0.05) is 0 Å². The van der Waals surface area contributed by atoms with Crippen molar-refractivity contribution in [3.05, 3.63) is 0 Å². The predicted molar refractivity (Wildman–Crippen MR) is 121 cm³/mol. The minimum atomic E-state index is -3.39. The molecule has 0 aromatic rings. The first-order chi connectivity index (χ1) is 14.4. The van der Waals surface area contributed by atoms with E-state index in [-0.39, 0.29) is 18.0 Å². The maximum atomic E-state index is 12.6. The Morgan fingerprint density at radius 3 is 2.39 bits per heavy atom. The number of sulfone groups is 1. The number of nitrogens with two attached hydrogens (primary N) is 1. The highest BCUT2D eigenvalue weighted by molar-refractivity contribution is 7.92. The van der Waals surface area contributed by atoms with Crippen molar-refractivity contribution in [1.82, 2.24) is 0 Å². The maximum absolute atomic E-state index is 12.6. The van der Waals surface area contributed by atoms with Gasteiger partial charge in [-0.05, 0) is 39.5 Å². The molecule has 0 amide bonds. The molecule has 0 saturated heterocycles. The Bertz CT molecular complexity index is 706. The van der Waals surface area contributed by atoms with Gasteiger partial charge in [-0.15, -0.1) is 0 Å². The first-order valence-electron chi connectivity index (χ1n) is 11.4. The topological polar surface area (TPSA) is 125 Å². The fourth-order valence-corrected chi connectivity index (χ4v) is 5.10. The molecule has 180 valence electrons. The van der Waals surface area contributed by atoms with E-state index in [2.05, 4.69) is 5.16 Å². The molecule has 0 radical (unpaired) electrons. The van der Waals surface area contributed by atoms with Crippen molar-refractivity contribution >= 4 is 27.6 Å². The van der Waals surface area contributed by atoms with Gasteiger partial charge < -0.3 is 15.3 Å². The molecule has 1 fully saturated rings. The summed E-state index contributed by atoms with van der Waals surface area (Å²) in [5.41, 5.74) is 4.97. The van der Waals surface area contributed by atoms with Crippen molar-refractivity contribution in [1.29, 1.82) is 0 Å². The molecule has 0 bridgehead atoms. The van der Waals surface area contributed by atoms with E-state index >= 15 is 0 Å². The number of hydrogen-bond acceptors (Lipinski definition) is 7. The summed E-state index contributed by atoms with van der Waals surface area (Å²) in [5, 5.41) is 3.51. The average molecular weight is 461 g/mol. The summed E-state index contributed by atoms with van der Waals surface area (Å²) in [4.78, 5) is 29.8. The lowest BCUT2D eigenvalue weighted by Crippen LogP contribution is -2.29. The highest BCUT2D eigenvalue weighted by atomic mass is 32.2. The highest BCUT2D eigenvalue weighted by Gasteiger charge is 2.27. The second kappa shape index (κ2) is 13.0. The van der Waals surface area contributed by atoms with E-state index in [1.54, 1.807) is 27.7 Å². The second-order valence-electron chi connectivity index (χ2n) is 9.51. The van der Waals surface area contributed by atoms with Crippen LogP contribution in [0.2, 0.25) is 0 Å². The average Bonchev–Trinajstić information content (AvgIpc) is 2.64. The number of carbonyl (C=O) groups excluding carboxylic acids is 2. The van der Waals surface area contributed by atoms with E-state index in [0.29, 0.717) is 18.8 Å². The quantitative estimate of drug-likeness (QED) is 0.155. The molecular formula is C22H40N2O6S. The second-order valence-corrected chi connectivity index (χ2v) is 11.7. The summed E-state index contributed by atoms with van der Waals surface area (Å²) >= 11 is 0. The van der Waals surface area contributed by atoms with Gasteiger partial charge in [0.25, 0.3) is 0 Å². The SMILES string of the molecule is CCCS(=O)(=O)C/C(N)=N/OC(=O)C(CCCC1CCCCC1)CC(=O)OC(C)(C)C. The van der Waals surface area contributed by atoms with Crippen LogP contribution in [0.4, 0.5) is 0 Å². The van der Waals surface area contributed by atoms with Gasteiger partial charge in [-0.25, -0.2) is 13.2 Å². The van der Waals surface area contributed by atoms with Crippen molar-refractivity contribution in [3.63, 3.8) is 0 Å². The van der Waals surface area contributed by atoms with E-state index in [1.807, 2.05) is 0 Å². The number of hydrogen-bond donors (Lipinski definition) is 1. The van der Waals surface area contributed by atoms with Crippen LogP contribution < -0.4 is 5.73 Å². The Labute approximate surface area is 187 Å². The molecule has 0 aromatic heterocycles. The van der Waals surface area contributed by atoms with Crippen molar-refractivity contribution < 1.29 is 27.6 Å². The van der Waals surface area contributed by atoms with Crippen LogP contribution in [0, 0.1) is 11.8 Å². The zero-order chi connectivity index (χ0) is 23.5. The largest absolute Gasteiger partial charge is 0.460 e. The molecule has 1 unspecified atom stereocenters. The van der Waals surface area contributed by atoms with Crippen molar-refractivity contribution in [2.45, 2.75) is 97.5 Å². The molecule has 0 heterocycles. The van der Waals surface area contributed by atoms with Crippen molar-refractivity contribution in [3.8, 4) is 0 Å². The molecule has 1 aliphatic rings. The Balaban J connectivity index is 2.69. The summed E-state index contributed by atoms with van der Waals surface area (Å²) in [7, 11) is -3.39. The molecule has 1 saturated carbocycles. The van der Waals surface area contributed by atoms with Crippen LogP contribution in [0.5, 0.6) is 0 Å². The van der Waals surface area contributed by atoms with Crippen LogP contribution in [-0.4, -0.2) is 43.3 Å². The third kappa shape index (κ3) is 12.7. The number of nitrogens with zero attached hydrogens (tertiary/aromatic N) is 1. The third-order valence-corrected chi connectivity index (χ3v) is 6.96. The van der Waals surface area contributed by atoms with Gasteiger partial charge in [-0.2, -0.15) is 0 Å². The summed E-state index contributed by atoms with van der Waals surface area (Å²) in [6.07, 6.45) is 8.89. The fourth-order valence-electron chi connectivity index (χ4n) is 3.83. The number of oxime groups is 1. The molecule has 9 heteroatoms. The summed E-state index contributed by atoms with van der Waals surface area (Å²) in [6.45, 7) is 7.05. The van der Waals surface area contributed by atoms with Crippen LogP contribution in [0.3, 0.4) is 0 Å². The lowest BCUT2D eigenvalue weighted by molar-refractivity contribution is -0.161. The number of rotatable bonds is 12. The van der Waals surface area contributed by atoms with E-state index in [4.69, 9.17) is 15.3 Å². The monoisotopic (exact) mass is 460 g/mol. The van der Waals surface area contributed by atoms with Crippen LogP contribution in [0.25, 0.3) is 0 Å². The predicted octanol–water partition coefficient (Wildman–Crippen LogP) is 3.73. The maximum Gasteiger partial charge on any atom is 0.338 e. The van der Waals surface area contributed by atoms with Crippen LogP contribution in [0.15, 0.2) is 5.16 Å². The number of amidine groups is 1. The molecule has 31 heavy (non-hydrogen) atoms. The Hall–Kier alpha value is -1.64. The van der Waals surface area contributed by atoms with Gasteiger partial charge in [-0.3, -0.25) is 4.79 Å². The lowest BCUT2D eigenvalue weighted by atomic mass is 9.84. The molecular weight excluding hydrogens is 420 g/mol. The van der Waals surface area contributed by atoms with Crippen molar-refractivity contribution in [2.75, 3.05) is 11.5 Å². The van der Waals surface area contributed by atoms with E-state index in [0.717, 1.165) is 12.8 Å². The standard InChI is InChI=1S/C22H40N2O6S/c1-5-14-31(27,28)16-19(23)24-30-21(26)18(15-20(25)29-22(2,3)4)13-9-12-17-10-7-6-8-11-17/h17-18H,5-16H2,1-4H3,(H2,23,24). The Kier molecular flexibility index (Phi) is 11.5. The molecule has 1 aliphatic carbocycles. The summed E-state index contributed by atoms with van der Waals surface area (Å²) in [6, 6.07) is 0. The lowest BCUT2D eigenvalue weighted by Gasteiger charge is -2.23. The minimum Gasteiger partial charge on any atom is -0.460 e. The highest BCUT2D eigenvalue weighted by Crippen LogP contribution is 2.29. The van der Waals surface area contributed by atoms with Gasteiger partial charge in [0.15, 0.2) is 15.7 Å². The number of esters is 1. The third-order valence-electron chi connectivity index (χ3n) is 5.19. The van der Waals surface area contributed by atoms with Crippen LogP contribution in [-0.2, 0) is 29.0 Å². The zero-order valence-corrected chi connectivity index (χ0v) is 20.3. The molecule has 0 spiro atoms. The fraction of sp³-hybridized carbons (Fsp3) is 0.864. The molecule has 0 aliphatic heterocycles. The van der Waals surface area contributed by atoms with Crippen molar-refractivity contribution in [2.24, 2.45) is 22.7 Å². The van der Waals surface area contributed by atoms with Gasteiger partial charge in [0.05, 0.1) is 18.1 Å². The van der Waals surface area contributed by atoms with Crippen LogP contribution in [0.1, 0.15) is 91.9 Å². The van der Waals surface area contributed by atoms with Gasteiger partial charge in [-0.1, -0.05) is 57.0 Å². The van der Waals surface area contributed by atoms with Crippen LogP contribution >= 0.6 is 0 Å². The molecule has 1 atom stereocenters. The smallest absolute Gasteiger partial charge is 0.338 e. The summed E-state index contributed by atoms with van der Waals surface area (Å²) < 4.78 is 29.0. The Morgan fingerprint density at radius 2 is 1.81 bits per heavy atom. The minimum absolute atomic E-state index is 0.0143. The first-order valence-corrected chi connectivity index (χ1v) is 13.2. The van der Waals surface area contributed by atoms with Gasteiger partial charge in [0.1, 0.15) is 11.4 Å². The van der Waals surface area contributed by atoms with E-state index < -0.39 is 39.0 Å². The number of carbonyl (C=O) groups is 2. The Morgan fingerprint density at radius 1 is 1.16 bits per heavy atom. The van der Waals surface area contributed by atoms with E-state index in [1.165, 1.54) is 32.1 Å². The molecule has 8 nitrogen and oxygen atoms in total. The van der Waals surface area contributed by atoms with Gasteiger partial charge in [0.2, 0.25) is 0 Å². The molecule has 0 aromatic carbocycles. The van der Waals surface area contributed by atoms with E-state index in [9.17, 15) is 18.0 Å².